The van der Waals surface area contributed by atoms with Gasteiger partial charge in [-0.25, -0.2) is 0 Å². The standard InChI is InChI=1S/C14H30N2O/c1-4-5-6-7-16-10-13(8-12(2)3)15-9-14(16)11-17/h12-15,17H,4-11H2,1-3H3. The van der Waals surface area contributed by atoms with Crippen LogP contribution < -0.4 is 5.32 Å². The molecular formula is C14H30N2O. The summed E-state index contributed by atoms with van der Waals surface area (Å²) < 4.78 is 0. The highest BCUT2D eigenvalue weighted by atomic mass is 16.3. The number of nitrogens with one attached hydrogen (secondary N) is 1. The first-order chi connectivity index (χ1) is 8.17. The molecule has 2 N–H and O–H groups in total. The summed E-state index contributed by atoms with van der Waals surface area (Å²) in [5.74, 6) is 0.746. The van der Waals surface area contributed by atoms with E-state index < -0.39 is 0 Å². The van der Waals surface area contributed by atoms with Crippen LogP contribution in [0.15, 0.2) is 0 Å². The van der Waals surface area contributed by atoms with Gasteiger partial charge in [0.05, 0.1) is 6.61 Å². The van der Waals surface area contributed by atoms with E-state index in [0.29, 0.717) is 12.1 Å². The fraction of sp³-hybridized carbons (Fsp3) is 1.00. The Morgan fingerprint density at radius 3 is 2.71 bits per heavy atom. The largest absolute Gasteiger partial charge is 0.395 e. The summed E-state index contributed by atoms with van der Waals surface area (Å²) in [5, 5.41) is 13.0. The molecule has 0 bridgehead atoms. The van der Waals surface area contributed by atoms with Gasteiger partial charge in [-0.3, -0.25) is 4.90 Å². The van der Waals surface area contributed by atoms with E-state index in [2.05, 4.69) is 31.0 Å². The normalized spacial score (nSPS) is 26.6. The zero-order valence-electron chi connectivity index (χ0n) is 11.8. The second kappa shape index (κ2) is 8.06. The van der Waals surface area contributed by atoms with Crippen molar-refractivity contribution in [2.75, 3.05) is 26.2 Å². The lowest BCUT2D eigenvalue weighted by Crippen LogP contribution is -2.58. The Balaban J connectivity index is 2.38. The molecular weight excluding hydrogens is 212 g/mol. The molecule has 1 heterocycles. The Hall–Kier alpha value is -0.120. The summed E-state index contributed by atoms with van der Waals surface area (Å²) in [4.78, 5) is 2.49. The third-order valence-electron chi connectivity index (χ3n) is 3.63. The average molecular weight is 242 g/mol. The van der Waals surface area contributed by atoms with Crippen LogP contribution in [0.5, 0.6) is 0 Å². The van der Waals surface area contributed by atoms with Crippen molar-refractivity contribution in [1.29, 1.82) is 0 Å². The summed E-state index contributed by atoms with van der Waals surface area (Å²) in [6.45, 7) is 10.3. The van der Waals surface area contributed by atoms with Gasteiger partial charge in [-0.05, 0) is 25.3 Å². The molecule has 1 rings (SSSR count). The molecule has 1 aliphatic heterocycles. The molecule has 2 unspecified atom stereocenters. The maximum absolute atomic E-state index is 9.40. The van der Waals surface area contributed by atoms with Gasteiger partial charge in [-0.15, -0.1) is 0 Å². The van der Waals surface area contributed by atoms with E-state index in [1.165, 1.54) is 25.7 Å². The molecule has 0 aromatic heterocycles. The number of rotatable bonds is 7. The van der Waals surface area contributed by atoms with Crippen molar-refractivity contribution in [2.45, 2.75) is 58.5 Å². The topological polar surface area (TPSA) is 35.5 Å². The van der Waals surface area contributed by atoms with Crippen molar-refractivity contribution in [2.24, 2.45) is 5.92 Å². The van der Waals surface area contributed by atoms with Crippen molar-refractivity contribution in [1.82, 2.24) is 10.2 Å². The van der Waals surface area contributed by atoms with E-state index in [1.54, 1.807) is 0 Å². The van der Waals surface area contributed by atoms with E-state index in [9.17, 15) is 5.11 Å². The fourth-order valence-corrected chi connectivity index (χ4v) is 2.67. The third kappa shape index (κ3) is 5.36. The minimum atomic E-state index is 0.285. The smallest absolute Gasteiger partial charge is 0.0599 e. The van der Waals surface area contributed by atoms with Crippen molar-refractivity contribution in [3.05, 3.63) is 0 Å². The highest BCUT2D eigenvalue weighted by molar-refractivity contribution is 4.86. The summed E-state index contributed by atoms with van der Waals surface area (Å²) in [6.07, 6.45) is 5.08. The lowest BCUT2D eigenvalue weighted by atomic mass is 9.99. The molecule has 0 spiro atoms. The molecule has 2 atom stereocenters. The van der Waals surface area contributed by atoms with E-state index in [-0.39, 0.29) is 6.61 Å². The Labute approximate surface area is 107 Å². The van der Waals surface area contributed by atoms with Gasteiger partial charge < -0.3 is 10.4 Å². The zero-order chi connectivity index (χ0) is 12.7. The molecule has 0 amide bonds. The molecule has 17 heavy (non-hydrogen) atoms. The number of aliphatic hydroxyl groups is 1. The minimum Gasteiger partial charge on any atom is -0.395 e. The number of aliphatic hydroxyl groups excluding tert-OH is 1. The fourth-order valence-electron chi connectivity index (χ4n) is 2.67. The van der Waals surface area contributed by atoms with Crippen LogP contribution in [0, 0.1) is 5.92 Å². The molecule has 0 aliphatic carbocycles. The average Bonchev–Trinajstić information content (AvgIpc) is 2.29. The van der Waals surface area contributed by atoms with Crippen LogP contribution in [0.25, 0.3) is 0 Å². The zero-order valence-corrected chi connectivity index (χ0v) is 11.8. The van der Waals surface area contributed by atoms with E-state index in [0.717, 1.165) is 25.6 Å². The number of hydrogen-bond acceptors (Lipinski definition) is 3. The van der Waals surface area contributed by atoms with Gasteiger partial charge >= 0.3 is 0 Å². The minimum absolute atomic E-state index is 0.285. The van der Waals surface area contributed by atoms with Gasteiger partial charge in [-0.2, -0.15) is 0 Å². The highest BCUT2D eigenvalue weighted by Gasteiger charge is 2.26. The van der Waals surface area contributed by atoms with Crippen LogP contribution >= 0.6 is 0 Å². The molecule has 102 valence electrons. The van der Waals surface area contributed by atoms with E-state index >= 15 is 0 Å². The van der Waals surface area contributed by atoms with Crippen LogP contribution in [-0.2, 0) is 0 Å². The monoisotopic (exact) mass is 242 g/mol. The Morgan fingerprint density at radius 2 is 2.12 bits per heavy atom. The number of nitrogens with zero attached hydrogens (tertiary/aromatic N) is 1. The maximum Gasteiger partial charge on any atom is 0.0599 e. The maximum atomic E-state index is 9.40. The van der Waals surface area contributed by atoms with Crippen LogP contribution in [0.1, 0.15) is 46.5 Å². The first-order valence-electron chi connectivity index (χ1n) is 7.25. The molecule has 3 heteroatoms. The van der Waals surface area contributed by atoms with Crippen molar-refractivity contribution in [3.8, 4) is 0 Å². The van der Waals surface area contributed by atoms with Gasteiger partial charge in [0.15, 0.2) is 0 Å². The molecule has 3 nitrogen and oxygen atoms in total. The first-order valence-corrected chi connectivity index (χ1v) is 7.25. The molecule has 1 saturated heterocycles. The number of piperazine rings is 1. The number of hydrogen-bond donors (Lipinski definition) is 2. The quantitative estimate of drug-likeness (QED) is 0.669. The predicted octanol–water partition coefficient (Wildman–Crippen LogP) is 1.86. The van der Waals surface area contributed by atoms with Crippen LogP contribution in [0.4, 0.5) is 0 Å². The Morgan fingerprint density at radius 1 is 1.35 bits per heavy atom. The summed E-state index contributed by atoms with van der Waals surface area (Å²) in [6, 6.07) is 0.940. The molecule has 0 radical (unpaired) electrons. The van der Waals surface area contributed by atoms with Gasteiger partial charge in [0, 0.05) is 25.2 Å². The third-order valence-corrected chi connectivity index (χ3v) is 3.63. The SMILES string of the molecule is CCCCCN1CC(CC(C)C)NCC1CO. The van der Waals surface area contributed by atoms with Crippen LogP contribution in [-0.4, -0.2) is 48.3 Å². The molecule has 1 fully saturated rings. The Kier molecular flexibility index (Phi) is 7.09. The van der Waals surface area contributed by atoms with Crippen molar-refractivity contribution < 1.29 is 5.11 Å². The predicted molar refractivity (Wildman–Crippen MR) is 73.2 cm³/mol. The summed E-state index contributed by atoms with van der Waals surface area (Å²) in [7, 11) is 0. The van der Waals surface area contributed by atoms with Gasteiger partial charge in [0.1, 0.15) is 0 Å². The summed E-state index contributed by atoms with van der Waals surface area (Å²) >= 11 is 0. The van der Waals surface area contributed by atoms with E-state index in [4.69, 9.17) is 0 Å². The van der Waals surface area contributed by atoms with Gasteiger partial charge in [-0.1, -0.05) is 33.6 Å². The Bertz CT molecular complexity index is 197. The lowest BCUT2D eigenvalue weighted by Gasteiger charge is -2.40. The number of unbranched alkanes of at least 4 members (excludes halogenated alkanes) is 2. The van der Waals surface area contributed by atoms with Crippen molar-refractivity contribution >= 4 is 0 Å². The molecule has 0 aromatic rings. The first kappa shape index (κ1) is 14.9. The van der Waals surface area contributed by atoms with Crippen molar-refractivity contribution in [3.63, 3.8) is 0 Å². The summed E-state index contributed by atoms with van der Waals surface area (Å²) in [5.41, 5.74) is 0. The molecule has 0 aromatic carbocycles. The van der Waals surface area contributed by atoms with Gasteiger partial charge in [0.2, 0.25) is 0 Å². The molecule has 0 saturated carbocycles. The van der Waals surface area contributed by atoms with Crippen LogP contribution in [0.3, 0.4) is 0 Å². The second-order valence-electron chi connectivity index (χ2n) is 5.77. The lowest BCUT2D eigenvalue weighted by molar-refractivity contribution is 0.0746. The second-order valence-corrected chi connectivity index (χ2v) is 5.77. The van der Waals surface area contributed by atoms with E-state index in [1.807, 2.05) is 0 Å². The molecule has 1 aliphatic rings. The highest BCUT2D eigenvalue weighted by Crippen LogP contribution is 2.14. The van der Waals surface area contributed by atoms with Crippen LogP contribution in [0.2, 0.25) is 0 Å². The van der Waals surface area contributed by atoms with Gasteiger partial charge in [0.25, 0.3) is 0 Å².